The normalized spacial score (nSPS) is 13.2. The Morgan fingerprint density at radius 1 is 0.973 bits per heavy atom. The van der Waals surface area contributed by atoms with Crippen molar-refractivity contribution in [2.24, 2.45) is 0 Å². The summed E-state index contributed by atoms with van der Waals surface area (Å²) in [7, 11) is 6.11. The van der Waals surface area contributed by atoms with Gasteiger partial charge in [0.05, 0.1) is 19.9 Å². The number of aromatic nitrogens is 2. The Morgan fingerprint density at radius 3 is 2.19 bits per heavy atom. The molecule has 1 aliphatic rings. The average molecular weight is 546 g/mol. The van der Waals surface area contributed by atoms with Crippen LogP contribution in [0.3, 0.4) is 0 Å². The number of ether oxygens (including phenoxy) is 2. The standard InChI is InChI=1S/C25H29Cl2N7O3/c1-32(25(35)33(2)24-22(26)18(36-3)13-19(37-4)23(24)27)21-14-20(29-15-30-21)31-16-5-7-17(8-6-16)34-11-9-28-10-12-34/h5-8,13-15,28H,9-12H2,1-4H3,(H,29,30,31). The van der Waals surface area contributed by atoms with Crippen LogP contribution in [0.2, 0.25) is 10.0 Å². The van der Waals surface area contributed by atoms with E-state index in [1.54, 1.807) is 26.2 Å². The quantitative estimate of drug-likeness (QED) is 0.443. The summed E-state index contributed by atoms with van der Waals surface area (Å²) in [4.78, 5) is 27.0. The SMILES string of the molecule is COc1cc(OC)c(Cl)c(N(C)C(=O)N(C)c2cc(Nc3ccc(N4CCNCC4)cc3)ncn2)c1Cl. The van der Waals surface area contributed by atoms with Gasteiger partial charge in [0.25, 0.3) is 0 Å². The first-order valence-electron chi connectivity index (χ1n) is 11.6. The summed E-state index contributed by atoms with van der Waals surface area (Å²) in [6.07, 6.45) is 1.39. The van der Waals surface area contributed by atoms with Crippen LogP contribution in [0.15, 0.2) is 42.7 Å². The Labute approximate surface area is 226 Å². The van der Waals surface area contributed by atoms with Gasteiger partial charge in [0.15, 0.2) is 0 Å². The number of benzene rings is 2. The molecule has 0 unspecified atom stereocenters. The van der Waals surface area contributed by atoms with Crippen molar-refractivity contribution in [3.8, 4) is 11.5 Å². The second kappa shape index (κ2) is 11.7. The maximum Gasteiger partial charge on any atom is 0.329 e. The Balaban J connectivity index is 1.51. The molecule has 1 aromatic heterocycles. The van der Waals surface area contributed by atoms with Crippen LogP contribution < -0.4 is 34.8 Å². The second-order valence-electron chi connectivity index (χ2n) is 8.33. The average Bonchev–Trinajstić information content (AvgIpc) is 2.93. The number of rotatable bonds is 7. The van der Waals surface area contributed by atoms with Gasteiger partial charge in [0.2, 0.25) is 0 Å². The van der Waals surface area contributed by atoms with Crippen molar-refractivity contribution in [3.05, 3.63) is 52.8 Å². The molecule has 2 heterocycles. The minimum Gasteiger partial charge on any atom is -0.495 e. The molecule has 4 rings (SSSR count). The second-order valence-corrected chi connectivity index (χ2v) is 9.08. The van der Waals surface area contributed by atoms with Gasteiger partial charge in [-0.25, -0.2) is 14.8 Å². The first kappa shape index (κ1) is 26.6. The number of methoxy groups -OCH3 is 2. The molecule has 1 aliphatic heterocycles. The summed E-state index contributed by atoms with van der Waals surface area (Å²) in [6, 6.07) is 11.0. The predicted octanol–water partition coefficient (Wildman–Crippen LogP) is 4.65. The maximum atomic E-state index is 13.4. The van der Waals surface area contributed by atoms with E-state index in [1.807, 2.05) is 12.1 Å². The third kappa shape index (κ3) is 5.76. The van der Waals surface area contributed by atoms with E-state index in [2.05, 4.69) is 37.6 Å². The number of hydrogen-bond donors (Lipinski definition) is 2. The number of carbonyl (C=O) groups is 1. The molecule has 0 radical (unpaired) electrons. The lowest BCUT2D eigenvalue weighted by atomic mass is 10.2. The number of nitrogens with zero attached hydrogens (tertiary/aromatic N) is 5. The van der Waals surface area contributed by atoms with E-state index >= 15 is 0 Å². The van der Waals surface area contributed by atoms with E-state index in [1.165, 1.54) is 36.0 Å². The van der Waals surface area contributed by atoms with Crippen LogP contribution in [0, 0.1) is 0 Å². The number of amides is 2. The molecule has 2 aromatic carbocycles. The van der Waals surface area contributed by atoms with Crippen molar-refractivity contribution >= 4 is 57.9 Å². The highest BCUT2D eigenvalue weighted by Crippen LogP contribution is 2.46. The van der Waals surface area contributed by atoms with Crippen molar-refractivity contribution in [3.63, 3.8) is 0 Å². The van der Waals surface area contributed by atoms with Crippen LogP contribution >= 0.6 is 23.2 Å². The molecule has 196 valence electrons. The molecule has 1 fully saturated rings. The summed E-state index contributed by atoms with van der Waals surface area (Å²) in [6.45, 7) is 3.93. The van der Waals surface area contributed by atoms with Crippen LogP contribution in [-0.2, 0) is 0 Å². The van der Waals surface area contributed by atoms with Crippen LogP contribution in [0.25, 0.3) is 0 Å². The van der Waals surface area contributed by atoms with Crippen molar-refractivity contribution in [2.45, 2.75) is 0 Å². The number of anilines is 5. The minimum absolute atomic E-state index is 0.187. The predicted molar refractivity (Wildman–Crippen MR) is 149 cm³/mol. The van der Waals surface area contributed by atoms with Gasteiger partial charge in [0, 0.05) is 63.8 Å². The fourth-order valence-corrected chi connectivity index (χ4v) is 4.77. The van der Waals surface area contributed by atoms with E-state index < -0.39 is 6.03 Å². The largest absolute Gasteiger partial charge is 0.495 e. The first-order chi connectivity index (χ1) is 17.8. The lowest BCUT2D eigenvalue weighted by molar-refractivity contribution is 0.253. The van der Waals surface area contributed by atoms with Crippen LogP contribution in [0.5, 0.6) is 11.5 Å². The van der Waals surface area contributed by atoms with E-state index in [0.717, 1.165) is 31.9 Å². The molecule has 37 heavy (non-hydrogen) atoms. The Hall–Kier alpha value is -3.47. The maximum absolute atomic E-state index is 13.4. The monoisotopic (exact) mass is 545 g/mol. The minimum atomic E-state index is -0.427. The highest BCUT2D eigenvalue weighted by Gasteiger charge is 2.26. The van der Waals surface area contributed by atoms with Gasteiger partial charge in [0.1, 0.15) is 39.5 Å². The van der Waals surface area contributed by atoms with Crippen LogP contribution in [0.4, 0.5) is 33.5 Å². The number of piperazine rings is 1. The molecule has 0 bridgehead atoms. The third-order valence-corrected chi connectivity index (χ3v) is 6.81. The van der Waals surface area contributed by atoms with Crippen LogP contribution in [-0.4, -0.2) is 70.5 Å². The molecule has 0 aliphatic carbocycles. The molecule has 1 saturated heterocycles. The molecule has 2 amide bonds. The van der Waals surface area contributed by atoms with Gasteiger partial charge in [-0.3, -0.25) is 9.80 Å². The summed E-state index contributed by atoms with van der Waals surface area (Å²) in [5.41, 5.74) is 2.31. The molecule has 10 nitrogen and oxygen atoms in total. The van der Waals surface area contributed by atoms with Gasteiger partial charge in [-0.1, -0.05) is 23.2 Å². The smallest absolute Gasteiger partial charge is 0.329 e. The fourth-order valence-electron chi connectivity index (χ4n) is 4.01. The number of urea groups is 1. The van der Waals surface area contributed by atoms with E-state index in [9.17, 15) is 4.79 Å². The summed E-state index contributed by atoms with van der Waals surface area (Å²) >= 11 is 13.0. The Morgan fingerprint density at radius 2 is 1.59 bits per heavy atom. The summed E-state index contributed by atoms with van der Waals surface area (Å²) < 4.78 is 10.6. The van der Waals surface area contributed by atoms with Crippen molar-refractivity contribution in [1.82, 2.24) is 15.3 Å². The van der Waals surface area contributed by atoms with E-state index in [4.69, 9.17) is 32.7 Å². The molecule has 2 N–H and O–H groups in total. The molecule has 0 saturated carbocycles. The van der Waals surface area contributed by atoms with Gasteiger partial charge in [-0.2, -0.15) is 0 Å². The van der Waals surface area contributed by atoms with Crippen LogP contribution in [0.1, 0.15) is 0 Å². The number of carbonyl (C=O) groups excluding carboxylic acids is 1. The Kier molecular flexibility index (Phi) is 8.42. The van der Waals surface area contributed by atoms with E-state index in [-0.39, 0.29) is 15.7 Å². The summed E-state index contributed by atoms with van der Waals surface area (Å²) in [5, 5.41) is 7.00. The van der Waals surface area contributed by atoms with Crippen molar-refractivity contribution in [2.75, 3.05) is 74.5 Å². The van der Waals surface area contributed by atoms with Gasteiger partial charge in [-0.05, 0) is 24.3 Å². The van der Waals surface area contributed by atoms with Gasteiger partial charge in [-0.15, -0.1) is 0 Å². The molecular weight excluding hydrogens is 517 g/mol. The van der Waals surface area contributed by atoms with Gasteiger partial charge < -0.3 is 25.0 Å². The molecule has 3 aromatic rings. The third-order valence-electron chi connectivity index (χ3n) is 6.08. The number of nitrogens with one attached hydrogen (secondary N) is 2. The Bertz CT molecular complexity index is 1230. The summed E-state index contributed by atoms with van der Waals surface area (Å²) in [5.74, 6) is 1.59. The molecule has 12 heteroatoms. The zero-order valence-electron chi connectivity index (χ0n) is 21.1. The molecular formula is C25H29Cl2N7O3. The molecule has 0 spiro atoms. The lowest BCUT2D eigenvalue weighted by Gasteiger charge is -2.29. The lowest BCUT2D eigenvalue weighted by Crippen LogP contribution is -2.43. The number of hydrogen-bond acceptors (Lipinski definition) is 8. The zero-order chi connectivity index (χ0) is 26.5. The highest BCUT2D eigenvalue weighted by molar-refractivity contribution is 6.42. The van der Waals surface area contributed by atoms with E-state index in [0.29, 0.717) is 23.1 Å². The molecule has 0 atom stereocenters. The number of halogens is 2. The highest BCUT2D eigenvalue weighted by atomic mass is 35.5. The van der Waals surface area contributed by atoms with Gasteiger partial charge >= 0.3 is 6.03 Å². The van der Waals surface area contributed by atoms with Crippen molar-refractivity contribution in [1.29, 1.82) is 0 Å². The first-order valence-corrected chi connectivity index (χ1v) is 12.4. The van der Waals surface area contributed by atoms with Crippen molar-refractivity contribution < 1.29 is 14.3 Å². The zero-order valence-corrected chi connectivity index (χ0v) is 22.6. The topological polar surface area (TPSA) is 95.1 Å². The fraction of sp³-hybridized carbons (Fsp3) is 0.320.